The van der Waals surface area contributed by atoms with Gasteiger partial charge in [0.1, 0.15) is 11.2 Å². The van der Waals surface area contributed by atoms with Crippen molar-refractivity contribution in [3.8, 4) is 0 Å². The number of alkyl halides is 3. The molecule has 0 unspecified atom stereocenters. The molecular weight excluding hydrogens is 373 g/mol. The first-order valence-electron chi connectivity index (χ1n) is 8.77. The smallest absolute Gasteiger partial charge is 0.372 e. The fraction of sp³-hybridized carbons (Fsp3) is 0.421. The fourth-order valence-electron chi connectivity index (χ4n) is 2.86. The van der Waals surface area contributed by atoms with Gasteiger partial charge in [0.15, 0.2) is 5.65 Å². The number of nitrogens with zero attached hydrogens (tertiary/aromatic N) is 3. The number of hydrogen-bond acceptors (Lipinski definition) is 4. The Morgan fingerprint density at radius 1 is 1.25 bits per heavy atom. The number of rotatable bonds is 5. The zero-order valence-electron chi connectivity index (χ0n) is 16.0. The predicted octanol–water partition coefficient (Wildman–Crippen LogP) is 4.39. The highest BCUT2D eigenvalue weighted by Gasteiger charge is 2.33. The van der Waals surface area contributed by atoms with Crippen molar-refractivity contribution in [1.29, 1.82) is 0 Å². The van der Waals surface area contributed by atoms with Gasteiger partial charge in [-0.3, -0.25) is 14.7 Å². The van der Waals surface area contributed by atoms with Crippen LogP contribution in [0.25, 0.3) is 16.9 Å². The summed E-state index contributed by atoms with van der Waals surface area (Å²) >= 11 is 0. The Morgan fingerprint density at radius 2 is 1.93 bits per heavy atom. The maximum Gasteiger partial charge on any atom is 0.433 e. The van der Waals surface area contributed by atoms with E-state index in [0.29, 0.717) is 5.70 Å². The molecule has 28 heavy (non-hydrogen) atoms. The summed E-state index contributed by atoms with van der Waals surface area (Å²) in [4.78, 5) is 20.4. The van der Waals surface area contributed by atoms with Crippen molar-refractivity contribution in [3.63, 3.8) is 0 Å². The molecule has 1 atom stereocenters. The minimum absolute atomic E-state index is 0.0275. The van der Waals surface area contributed by atoms with Gasteiger partial charge in [-0.1, -0.05) is 6.08 Å². The monoisotopic (exact) mass is 394 g/mol. The number of ether oxygens (including phenoxy) is 1. The van der Waals surface area contributed by atoms with E-state index in [1.165, 1.54) is 10.6 Å². The minimum atomic E-state index is -4.57. The predicted molar refractivity (Wildman–Crippen MR) is 99.5 cm³/mol. The number of nitrogens with one attached hydrogen (secondary N) is 1. The van der Waals surface area contributed by atoms with Gasteiger partial charge in [-0.25, -0.2) is 9.97 Å². The van der Waals surface area contributed by atoms with Crippen molar-refractivity contribution in [3.05, 3.63) is 36.1 Å². The van der Waals surface area contributed by atoms with E-state index in [0.717, 1.165) is 6.07 Å². The highest BCUT2D eigenvalue weighted by atomic mass is 19.4. The number of halogens is 3. The molecule has 0 aliphatic heterocycles. The molecule has 2 heterocycles. The highest BCUT2D eigenvalue weighted by molar-refractivity contribution is 5.93. The van der Waals surface area contributed by atoms with Crippen molar-refractivity contribution in [1.82, 2.24) is 14.5 Å². The summed E-state index contributed by atoms with van der Waals surface area (Å²) in [5.41, 5.74) is -0.548. The lowest BCUT2D eigenvalue weighted by Gasteiger charge is -2.24. The van der Waals surface area contributed by atoms with E-state index in [-0.39, 0.29) is 35.5 Å². The van der Waals surface area contributed by atoms with Crippen LogP contribution in [0.3, 0.4) is 0 Å². The molecule has 1 amide bonds. The Labute approximate surface area is 160 Å². The lowest BCUT2D eigenvalue weighted by molar-refractivity contribution is -0.141. The first-order chi connectivity index (χ1) is 12.9. The van der Waals surface area contributed by atoms with Gasteiger partial charge in [0.25, 0.3) is 0 Å². The van der Waals surface area contributed by atoms with Gasteiger partial charge in [-0.15, -0.1) is 0 Å². The Balaban J connectivity index is 1.89. The van der Waals surface area contributed by atoms with Gasteiger partial charge in [0.2, 0.25) is 11.9 Å². The molecule has 9 heteroatoms. The molecule has 0 aromatic carbocycles. The third kappa shape index (κ3) is 4.41. The van der Waals surface area contributed by atoms with E-state index in [4.69, 9.17) is 4.74 Å². The second kappa shape index (κ2) is 7.05. The molecule has 6 nitrogen and oxygen atoms in total. The Hall–Kier alpha value is -2.68. The second-order valence-electron chi connectivity index (χ2n) is 7.55. The number of carbonyl (C=O) groups is 1. The zero-order valence-corrected chi connectivity index (χ0v) is 16.0. The van der Waals surface area contributed by atoms with Gasteiger partial charge >= 0.3 is 6.18 Å². The third-order valence-corrected chi connectivity index (χ3v) is 3.87. The van der Waals surface area contributed by atoms with Crippen molar-refractivity contribution in [2.75, 3.05) is 5.32 Å². The topological polar surface area (TPSA) is 69.0 Å². The van der Waals surface area contributed by atoms with Crippen LogP contribution in [0.1, 0.15) is 39.8 Å². The summed E-state index contributed by atoms with van der Waals surface area (Å²) in [6.07, 6.45) is 0.302. The molecule has 2 aromatic heterocycles. The normalized spacial score (nSPS) is 15.3. The van der Waals surface area contributed by atoms with Gasteiger partial charge < -0.3 is 4.74 Å². The molecule has 0 saturated carbocycles. The minimum Gasteiger partial charge on any atom is -0.372 e. The number of aromatic nitrogens is 3. The average molecular weight is 394 g/mol. The SMILES string of the molecule is C[C@H](CC(=O)Nc1nc2ccc(C(F)(F)F)nc2n1C1=CC=C1)OC(C)(C)C. The van der Waals surface area contributed by atoms with Gasteiger partial charge in [0, 0.05) is 0 Å². The Kier molecular flexibility index (Phi) is 5.05. The lowest BCUT2D eigenvalue weighted by Crippen LogP contribution is -2.29. The summed E-state index contributed by atoms with van der Waals surface area (Å²) in [5.74, 6) is -0.237. The summed E-state index contributed by atoms with van der Waals surface area (Å²) in [5, 5.41) is 2.66. The van der Waals surface area contributed by atoms with E-state index in [9.17, 15) is 18.0 Å². The maximum absolute atomic E-state index is 13.0. The van der Waals surface area contributed by atoms with E-state index in [2.05, 4.69) is 15.3 Å². The molecule has 3 rings (SSSR count). The van der Waals surface area contributed by atoms with Crippen LogP contribution in [-0.4, -0.2) is 32.1 Å². The van der Waals surface area contributed by atoms with E-state index >= 15 is 0 Å². The van der Waals surface area contributed by atoms with Gasteiger partial charge in [0.05, 0.1) is 23.8 Å². The molecule has 0 bridgehead atoms. The quantitative estimate of drug-likeness (QED) is 0.817. The first kappa shape index (κ1) is 20.1. The summed E-state index contributed by atoms with van der Waals surface area (Å²) < 4.78 is 46.2. The van der Waals surface area contributed by atoms with Crippen LogP contribution in [0, 0.1) is 0 Å². The zero-order chi connectivity index (χ0) is 20.7. The summed E-state index contributed by atoms with van der Waals surface area (Å²) in [6.45, 7) is 7.45. The van der Waals surface area contributed by atoms with Crippen molar-refractivity contribution in [2.24, 2.45) is 0 Å². The standard InChI is InChI=1S/C19H21F3N4O2/c1-11(28-18(2,3)4)10-15(27)25-17-23-13-8-9-14(19(20,21)22)24-16(13)26(17)12-6-5-7-12/h5-9,11H,10H2,1-4H3,(H,23,25,27)/t11-/m1/s1. The molecule has 0 saturated heterocycles. The summed E-state index contributed by atoms with van der Waals surface area (Å²) in [7, 11) is 0. The van der Waals surface area contributed by atoms with E-state index in [1.807, 2.05) is 20.8 Å². The van der Waals surface area contributed by atoms with E-state index in [1.54, 1.807) is 25.2 Å². The molecule has 1 aliphatic carbocycles. The third-order valence-electron chi connectivity index (χ3n) is 3.87. The number of anilines is 1. The number of hydrogen-bond donors (Lipinski definition) is 1. The van der Waals surface area contributed by atoms with Crippen LogP contribution in [0.4, 0.5) is 19.1 Å². The number of carbonyl (C=O) groups excluding carboxylic acids is 1. The van der Waals surface area contributed by atoms with Crippen LogP contribution in [-0.2, 0) is 15.7 Å². The number of imidazole rings is 1. The number of fused-ring (bicyclic) bond motifs is 1. The largest absolute Gasteiger partial charge is 0.433 e. The first-order valence-corrected chi connectivity index (χ1v) is 8.77. The number of allylic oxidation sites excluding steroid dienone is 4. The van der Waals surface area contributed by atoms with Crippen LogP contribution in [0.15, 0.2) is 30.4 Å². The van der Waals surface area contributed by atoms with Crippen LogP contribution < -0.4 is 5.32 Å². The van der Waals surface area contributed by atoms with Gasteiger partial charge in [-0.2, -0.15) is 13.2 Å². The highest BCUT2D eigenvalue weighted by Crippen LogP contribution is 2.32. The van der Waals surface area contributed by atoms with Gasteiger partial charge in [-0.05, 0) is 52.0 Å². The van der Waals surface area contributed by atoms with Crippen LogP contribution >= 0.6 is 0 Å². The molecule has 0 radical (unpaired) electrons. The molecule has 0 fully saturated rings. The molecule has 150 valence electrons. The second-order valence-corrected chi connectivity index (χ2v) is 7.55. The molecule has 0 spiro atoms. The number of amides is 1. The van der Waals surface area contributed by atoms with Crippen LogP contribution in [0.2, 0.25) is 0 Å². The van der Waals surface area contributed by atoms with Crippen molar-refractivity contribution < 1.29 is 22.7 Å². The molecular formula is C19H21F3N4O2. The maximum atomic E-state index is 13.0. The summed E-state index contributed by atoms with van der Waals surface area (Å²) in [6, 6.07) is 2.11. The Morgan fingerprint density at radius 3 is 2.46 bits per heavy atom. The van der Waals surface area contributed by atoms with Crippen LogP contribution in [0.5, 0.6) is 0 Å². The molecule has 2 aromatic rings. The fourth-order valence-corrected chi connectivity index (χ4v) is 2.86. The molecule has 1 aliphatic rings. The van der Waals surface area contributed by atoms with E-state index < -0.39 is 17.5 Å². The average Bonchev–Trinajstić information content (AvgIpc) is 2.79. The Bertz CT molecular complexity index is 968. The van der Waals surface area contributed by atoms with Crippen molar-refractivity contribution in [2.45, 2.75) is 52.0 Å². The van der Waals surface area contributed by atoms with Crippen molar-refractivity contribution >= 4 is 28.7 Å². The lowest BCUT2D eigenvalue weighted by atomic mass is 10.1. The number of pyridine rings is 1. The molecule has 1 N–H and O–H groups in total.